The van der Waals surface area contributed by atoms with Gasteiger partial charge in [-0.1, -0.05) is 60.7 Å². The number of ketones is 1. The van der Waals surface area contributed by atoms with Crippen LogP contribution in [0.5, 0.6) is 0 Å². The van der Waals surface area contributed by atoms with E-state index in [-0.39, 0.29) is 23.7 Å². The van der Waals surface area contributed by atoms with Crippen molar-refractivity contribution in [2.75, 3.05) is 13.7 Å². The zero-order valence-corrected chi connectivity index (χ0v) is 15.1. The Bertz CT molecular complexity index is 799. The van der Waals surface area contributed by atoms with Gasteiger partial charge in [0.25, 0.3) is 0 Å². The number of likely N-dealkylation sites (tertiary alicyclic amines) is 1. The van der Waals surface area contributed by atoms with Crippen LogP contribution in [0.3, 0.4) is 0 Å². The molecule has 0 spiro atoms. The second-order valence-corrected chi connectivity index (χ2v) is 6.53. The topological polar surface area (TPSA) is 46.6 Å². The highest BCUT2D eigenvalue weighted by molar-refractivity contribution is 6.04. The fourth-order valence-electron chi connectivity index (χ4n) is 3.41. The van der Waals surface area contributed by atoms with Crippen LogP contribution in [0.1, 0.15) is 35.3 Å². The smallest absolute Gasteiger partial charge is 0.310 e. The Morgan fingerprint density at radius 1 is 1.08 bits per heavy atom. The number of esters is 1. The Kier molecular flexibility index (Phi) is 5.52. The maximum Gasteiger partial charge on any atom is 0.310 e. The summed E-state index contributed by atoms with van der Waals surface area (Å²) in [5, 5.41) is 0. The lowest BCUT2D eigenvalue weighted by Gasteiger charge is -2.28. The Morgan fingerprint density at radius 3 is 2.31 bits per heavy atom. The van der Waals surface area contributed by atoms with Crippen molar-refractivity contribution in [3.05, 3.63) is 83.6 Å². The van der Waals surface area contributed by atoms with E-state index < -0.39 is 0 Å². The van der Waals surface area contributed by atoms with Crippen LogP contribution in [0.4, 0.5) is 0 Å². The predicted octanol–water partition coefficient (Wildman–Crippen LogP) is 4.01. The van der Waals surface area contributed by atoms with Crippen LogP contribution < -0.4 is 0 Å². The maximum atomic E-state index is 12.6. The van der Waals surface area contributed by atoms with Crippen LogP contribution in [-0.4, -0.2) is 30.3 Å². The fourth-order valence-corrected chi connectivity index (χ4v) is 3.41. The summed E-state index contributed by atoms with van der Waals surface area (Å²) in [6.07, 6.45) is 2.18. The Hall–Kier alpha value is -2.88. The summed E-state index contributed by atoms with van der Waals surface area (Å²) in [6.45, 7) is 2.65. The third-order valence-corrected chi connectivity index (χ3v) is 4.88. The van der Waals surface area contributed by atoms with E-state index in [1.807, 2.05) is 36.4 Å². The van der Waals surface area contributed by atoms with Gasteiger partial charge in [-0.05, 0) is 12.5 Å². The van der Waals surface area contributed by atoms with Crippen LogP contribution in [0, 0.1) is 5.92 Å². The minimum absolute atomic E-state index is 0.0450. The van der Waals surface area contributed by atoms with Gasteiger partial charge in [-0.2, -0.15) is 0 Å². The largest absolute Gasteiger partial charge is 0.469 e. The van der Waals surface area contributed by atoms with Crippen LogP contribution in [0.2, 0.25) is 0 Å². The molecule has 0 bridgehead atoms. The molecule has 1 heterocycles. The number of allylic oxidation sites excluding steroid dienone is 2. The van der Waals surface area contributed by atoms with Gasteiger partial charge in [-0.25, -0.2) is 0 Å². The van der Waals surface area contributed by atoms with E-state index in [0.29, 0.717) is 18.5 Å². The molecule has 0 radical (unpaired) electrons. The van der Waals surface area contributed by atoms with Gasteiger partial charge in [0, 0.05) is 30.3 Å². The molecular weight excluding hydrogens is 326 g/mol. The first-order valence-electron chi connectivity index (χ1n) is 8.79. The number of rotatable bonds is 5. The number of benzene rings is 2. The molecule has 134 valence electrons. The normalized spacial score (nSPS) is 19.4. The number of nitrogens with zero attached hydrogens (tertiary/aromatic N) is 1. The average Bonchev–Trinajstić information content (AvgIpc) is 3.11. The average molecular weight is 349 g/mol. The lowest BCUT2D eigenvalue weighted by molar-refractivity contribution is -0.145. The van der Waals surface area contributed by atoms with Crippen molar-refractivity contribution in [3.63, 3.8) is 0 Å². The maximum absolute atomic E-state index is 12.6. The molecule has 0 aromatic heterocycles. The lowest BCUT2D eigenvalue weighted by atomic mass is 10.1. The molecule has 0 N–H and O–H groups in total. The highest BCUT2D eigenvalue weighted by Gasteiger charge is 2.35. The van der Waals surface area contributed by atoms with Crippen molar-refractivity contribution in [2.24, 2.45) is 5.92 Å². The van der Waals surface area contributed by atoms with E-state index in [9.17, 15) is 9.59 Å². The standard InChI is InChI=1S/C22H23NO3/c1-16(17-9-5-3-6-10-17)23-15-19(22(25)26-2)13-20(23)14-21(24)18-11-7-4-8-12-18/h3-12,14,16,19H,13,15H2,1-2H3/b20-14+/t16-,19-/m1/s1. The second-order valence-electron chi connectivity index (χ2n) is 6.53. The van der Waals surface area contributed by atoms with Crippen molar-refractivity contribution >= 4 is 11.8 Å². The lowest BCUT2D eigenvalue weighted by Crippen LogP contribution is -2.26. The zero-order valence-electron chi connectivity index (χ0n) is 15.1. The summed E-state index contributed by atoms with van der Waals surface area (Å²) in [4.78, 5) is 26.8. The third-order valence-electron chi connectivity index (χ3n) is 4.88. The summed E-state index contributed by atoms with van der Waals surface area (Å²) in [7, 11) is 1.41. The van der Waals surface area contributed by atoms with E-state index in [1.165, 1.54) is 7.11 Å². The highest BCUT2D eigenvalue weighted by Crippen LogP contribution is 2.35. The Morgan fingerprint density at radius 2 is 1.69 bits per heavy atom. The van der Waals surface area contributed by atoms with E-state index in [2.05, 4.69) is 24.0 Å². The molecule has 1 aliphatic rings. The van der Waals surface area contributed by atoms with E-state index in [0.717, 1.165) is 11.3 Å². The summed E-state index contributed by atoms with van der Waals surface area (Å²) in [5.41, 5.74) is 2.68. The van der Waals surface area contributed by atoms with Crippen molar-refractivity contribution in [2.45, 2.75) is 19.4 Å². The minimum atomic E-state index is -0.249. The number of carbonyl (C=O) groups excluding carboxylic acids is 2. The summed E-state index contributed by atoms with van der Waals surface area (Å²) < 4.78 is 4.93. The van der Waals surface area contributed by atoms with E-state index in [1.54, 1.807) is 18.2 Å². The van der Waals surface area contributed by atoms with E-state index >= 15 is 0 Å². The van der Waals surface area contributed by atoms with Gasteiger partial charge in [-0.15, -0.1) is 0 Å². The molecule has 0 aliphatic carbocycles. The van der Waals surface area contributed by atoms with Gasteiger partial charge in [0.15, 0.2) is 5.78 Å². The molecule has 2 atom stereocenters. The number of methoxy groups -OCH3 is 1. The first-order valence-corrected chi connectivity index (χ1v) is 8.79. The molecule has 26 heavy (non-hydrogen) atoms. The highest BCUT2D eigenvalue weighted by atomic mass is 16.5. The van der Waals surface area contributed by atoms with Gasteiger partial charge >= 0.3 is 5.97 Å². The van der Waals surface area contributed by atoms with Crippen molar-refractivity contribution in [1.82, 2.24) is 4.90 Å². The van der Waals surface area contributed by atoms with Crippen molar-refractivity contribution in [1.29, 1.82) is 0 Å². The van der Waals surface area contributed by atoms with Crippen molar-refractivity contribution in [3.8, 4) is 0 Å². The summed E-state index contributed by atoms with van der Waals surface area (Å²) in [5.74, 6) is -0.525. The van der Waals surface area contributed by atoms with Crippen LogP contribution in [0.15, 0.2) is 72.4 Å². The Balaban J connectivity index is 1.90. The van der Waals surface area contributed by atoms with Gasteiger partial charge < -0.3 is 9.64 Å². The first-order chi connectivity index (χ1) is 12.6. The SMILES string of the molecule is COC(=O)[C@@H]1C/C(=C\C(=O)c2ccccc2)N([C@H](C)c2ccccc2)C1. The molecule has 0 saturated carbocycles. The van der Waals surface area contributed by atoms with Crippen molar-refractivity contribution < 1.29 is 14.3 Å². The van der Waals surface area contributed by atoms with Crippen LogP contribution >= 0.6 is 0 Å². The molecule has 3 rings (SSSR count). The first kappa shape index (κ1) is 17.9. The molecule has 4 heteroatoms. The fraction of sp³-hybridized carbons (Fsp3) is 0.273. The molecular formula is C22H23NO3. The summed E-state index contributed by atoms with van der Waals surface area (Å²) in [6, 6.07) is 19.4. The molecule has 2 aromatic rings. The molecule has 1 saturated heterocycles. The Labute approximate surface area is 154 Å². The number of carbonyl (C=O) groups is 2. The molecule has 2 aromatic carbocycles. The van der Waals surface area contributed by atoms with Gasteiger partial charge in [-0.3, -0.25) is 9.59 Å². The molecule has 4 nitrogen and oxygen atoms in total. The minimum Gasteiger partial charge on any atom is -0.469 e. The monoisotopic (exact) mass is 349 g/mol. The zero-order chi connectivity index (χ0) is 18.5. The molecule has 0 unspecified atom stereocenters. The van der Waals surface area contributed by atoms with Gasteiger partial charge in [0.1, 0.15) is 0 Å². The molecule has 1 aliphatic heterocycles. The predicted molar refractivity (Wildman–Crippen MR) is 101 cm³/mol. The second kappa shape index (κ2) is 8.00. The molecule has 0 amide bonds. The number of ether oxygens (including phenoxy) is 1. The quantitative estimate of drug-likeness (QED) is 0.465. The van der Waals surface area contributed by atoms with Gasteiger partial charge in [0.05, 0.1) is 19.1 Å². The molecule has 1 fully saturated rings. The summed E-state index contributed by atoms with van der Waals surface area (Å²) >= 11 is 0. The van der Waals surface area contributed by atoms with Crippen LogP contribution in [-0.2, 0) is 9.53 Å². The van der Waals surface area contributed by atoms with Crippen LogP contribution in [0.25, 0.3) is 0 Å². The van der Waals surface area contributed by atoms with E-state index in [4.69, 9.17) is 4.74 Å². The van der Waals surface area contributed by atoms with Gasteiger partial charge in [0.2, 0.25) is 0 Å². The number of hydrogen-bond donors (Lipinski definition) is 0. The third kappa shape index (κ3) is 3.85. The number of hydrogen-bond acceptors (Lipinski definition) is 4.